The summed E-state index contributed by atoms with van der Waals surface area (Å²) < 4.78 is 5.76. The van der Waals surface area contributed by atoms with Crippen molar-refractivity contribution in [3.63, 3.8) is 0 Å². The summed E-state index contributed by atoms with van der Waals surface area (Å²) in [6.07, 6.45) is 4.81. The third-order valence-electron chi connectivity index (χ3n) is 7.97. The minimum absolute atomic E-state index is 0.169. The van der Waals surface area contributed by atoms with Crippen molar-refractivity contribution in [3.05, 3.63) is 47.7 Å². The van der Waals surface area contributed by atoms with Gasteiger partial charge in [-0.05, 0) is 64.2 Å². The van der Waals surface area contributed by atoms with Crippen LogP contribution in [0.15, 0.2) is 36.4 Å². The van der Waals surface area contributed by atoms with E-state index in [0.717, 1.165) is 16.5 Å². The number of carbonyl (C=O) groups is 4. The van der Waals surface area contributed by atoms with Crippen molar-refractivity contribution in [2.45, 2.75) is 85.0 Å². The number of hydrogen-bond acceptors (Lipinski definition) is 7. The lowest BCUT2D eigenvalue weighted by molar-refractivity contribution is -0.157. The predicted molar refractivity (Wildman–Crippen MR) is 156 cm³/mol. The molecule has 5 bridgehead atoms. The van der Waals surface area contributed by atoms with Gasteiger partial charge in [0.25, 0.3) is 5.91 Å². The molecule has 1 fully saturated rings. The second-order valence-electron chi connectivity index (χ2n) is 11.7. The van der Waals surface area contributed by atoms with Crippen molar-refractivity contribution < 1.29 is 23.9 Å². The van der Waals surface area contributed by atoms with Gasteiger partial charge >= 0.3 is 5.97 Å². The minimum Gasteiger partial charge on any atom is -0.455 e. The Hall–Kier alpha value is -3.79. The molecule has 5 atom stereocenters. The number of cyclic esters (lactones) is 1. The highest BCUT2D eigenvalue weighted by Gasteiger charge is 2.35. The predicted octanol–water partition coefficient (Wildman–Crippen LogP) is 3.42. The van der Waals surface area contributed by atoms with Crippen LogP contribution in [0.25, 0.3) is 17.0 Å². The lowest BCUT2D eigenvalue weighted by Gasteiger charge is -2.35. The number of ether oxygens (including phenoxy) is 1. The zero-order chi connectivity index (χ0) is 29.9. The lowest BCUT2D eigenvalue weighted by atomic mass is 9.89. The molecule has 0 aliphatic carbocycles. The normalized spacial score (nSPS) is 26.7. The largest absolute Gasteiger partial charge is 0.455 e. The molecule has 4 rings (SSSR count). The molecule has 41 heavy (non-hydrogen) atoms. The first-order valence-corrected chi connectivity index (χ1v) is 14.4. The number of nitrogens with zero attached hydrogens (tertiary/aromatic N) is 2. The third-order valence-corrected chi connectivity index (χ3v) is 7.97. The van der Waals surface area contributed by atoms with Gasteiger partial charge in [-0.2, -0.15) is 0 Å². The number of pyridine rings is 1. The van der Waals surface area contributed by atoms with Gasteiger partial charge in [-0.15, -0.1) is 0 Å². The Labute approximate surface area is 241 Å². The number of amides is 3. The first-order chi connectivity index (χ1) is 19.4. The minimum atomic E-state index is -0.925. The van der Waals surface area contributed by atoms with Gasteiger partial charge in [0.1, 0.15) is 24.2 Å². The number of fused-ring (bicyclic) bond motifs is 4. The quantitative estimate of drug-likeness (QED) is 0.478. The van der Waals surface area contributed by atoms with Crippen molar-refractivity contribution in [2.75, 3.05) is 6.54 Å². The molecule has 2 aliphatic heterocycles. The summed E-state index contributed by atoms with van der Waals surface area (Å²) in [5, 5.41) is 8.00. The standard InChI is InChI=1S/C31H41N5O5/c1-7-18(2)26-27(37)32-19(3)28(38)36-16-8-9-24(35-36)29(39)41-20(4)23-13-12-22-11-10-21(17-25(22)33-23)14-15-31(5,6)30(40)34-26/h10-15,17-20,24,26,35H,7-9,16H2,1-6H3,(H,32,37)(H,34,40)/t18-,19-,20+,24-,26-/m0/s1. The Morgan fingerprint density at radius 2 is 1.83 bits per heavy atom. The van der Waals surface area contributed by atoms with Crippen molar-refractivity contribution in [2.24, 2.45) is 11.3 Å². The average molecular weight is 564 g/mol. The number of benzene rings is 1. The van der Waals surface area contributed by atoms with Crippen LogP contribution in [0.3, 0.4) is 0 Å². The van der Waals surface area contributed by atoms with E-state index in [1.165, 1.54) is 5.01 Å². The van der Waals surface area contributed by atoms with Gasteiger partial charge in [0, 0.05) is 11.9 Å². The van der Waals surface area contributed by atoms with Crippen LogP contribution >= 0.6 is 0 Å². The van der Waals surface area contributed by atoms with Crippen molar-refractivity contribution in [1.29, 1.82) is 0 Å². The van der Waals surface area contributed by atoms with E-state index in [-0.39, 0.29) is 17.7 Å². The molecule has 220 valence electrons. The Kier molecular flexibility index (Phi) is 9.11. The lowest BCUT2D eigenvalue weighted by Crippen LogP contribution is -2.61. The number of carbonyl (C=O) groups excluding carboxylic acids is 4. The van der Waals surface area contributed by atoms with Crippen LogP contribution < -0.4 is 16.1 Å². The van der Waals surface area contributed by atoms with E-state index in [4.69, 9.17) is 9.72 Å². The van der Waals surface area contributed by atoms with Gasteiger partial charge in [-0.25, -0.2) is 10.4 Å². The van der Waals surface area contributed by atoms with Gasteiger partial charge in [0.2, 0.25) is 11.8 Å². The maximum Gasteiger partial charge on any atom is 0.325 e. The van der Waals surface area contributed by atoms with Gasteiger partial charge in [-0.1, -0.05) is 50.6 Å². The second-order valence-corrected chi connectivity index (χ2v) is 11.7. The Bertz CT molecular complexity index is 1360. The van der Waals surface area contributed by atoms with E-state index in [1.54, 1.807) is 33.8 Å². The topological polar surface area (TPSA) is 130 Å². The molecule has 3 heterocycles. The first kappa shape index (κ1) is 30.2. The smallest absolute Gasteiger partial charge is 0.325 e. The first-order valence-electron chi connectivity index (χ1n) is 14.4. The van der Waals surface area contributed by atoms with Gasteiger partial charge in [0.15, 0.2) is 0 Å². The fourth-order valence-electron chi connectivity index (χ4n) is 4.92. The van der Waals surface area contributed by atoms with E-state index in [1.807, 2.05) is 50.3 Å². The summed E-state index contributed by atoms with van der Waals surface area (Å²) in [6.45, 7) is 11.2. The number of esters is 1. The number of hydrogen-bond donors (Lipinski definition) is 3. The van der Waals surface area contributed by atoms with Gasteiger partial charge < -0.3 is 15.4 Å². The molecule has 0 radical (unpaired) electrons. The molecular formula is C31H41N5O5. The molecule has 2 aromatic rings. The van der Waals surface area contributed by atoms with Crippen LogP contribution in [0, 0.1) is 11.3 Å². The average Bonchev–Trinajstić information content (AvgIpc) is 2.96. The van der Waals surface area contributed by atoms with Crippen molar-refractivity contribution in [1.82, 2.24) is 26.1 Å². The maximum atomic E-state index is 13.4. The summed E-state index contributed by atoms with van der Waals surface area (Å²) in [4.78, 5) is 57.8. The fraction of sp³-hybridized carbons (Fsp3) is 0.516. The van der Waals surface area contributed by atoms with Crippen LogP contribution in [0.2, 0.25) is 0 Å². The van der Waals surface area contributed by atoms with Crippen LogP contribution in [0.1, 0.15) is 78.2 Å². The van der Waals surface area contributed by atoms with Crippen LogP contribution in [-0.4, -0.2) is 58.4 Å². The van der Waals surface area contributed by atoms with Gasteiger partial charge in [-0.3, -0.25) is 24.2 Å². The Morgan fingerprint density at radius 1 is 1.10 bits per heavy atom. The monoisotopic (exact) mass is 563 g/mol. The molecular weight excluding hydrogens is 522 g/mol. The number of rotatable bonds is 2. The number of hydrazine groups is 1. The summed E-state index contributed by atoms with van der Waals surface area (Å²) in [5.41, 5.74) is 4.25. The molecule has 1 aromatic carbocycles. The van der Waals surface area contributed by atoms with Crippen LogP contribution in [-0.2, 0) is 23.9 Å². The van der Waals surface area contributed by atoms with E-state index in [2.05, 4.69) is 16.1 Å². The summed E-state index contributed by atoms with van der Waals surface area (Å²) in [6, 6.07) is 7.17. The highest BCUT2D eigenvalue weighted by atomic mass is 16.5. The van der Waals surface area contributed by atoms with E-state index >= 15 is 0 Å². The summed E-state index contributed by atoms with van der Waals surface area (Å²) >= 11 is 0. The molecule has 1 saturated heterocycles. The van der Waals surface area contributed by atoms with Crippen LogP contribution in [0.4, 0.5) is 0 Å². The summed E-state index contributed by atoms with van der Waals surface area (Å²) in [5.74, 6) is -1.75. The maximum absolute atomic E-state index is 13.4. The Balaban J connectivity index is 1.71. The van der Waals surface area contributed by atoms with Crippen molar-refractivity contribution >= 4 is 40.7 Å². The zero-order valence-corrected chi connectivity index (χ0v) is 24.7. The zero-order valence-electron chi connectivity index (χ0n) is 24.7. The molecule has 10 heteroatoms. The van der Waals surface area contributed by atoms with Gasteiger partial charge in [0.05, 0.1) is 16.6 Å². The molecule has 1 aromatic heterocycles. The number of aromatic nitrogens is 1. The molecule has 2 aliphatic rings. The van der Waals surface area contributed by atoms with E-state index in [9.17, 15) is 19.2 Å². The highest BCUT2D eigenvalue weighted by Crippen LogP contribution is 2.25. The molecule has 3 N–H and O–H groups in total. The third kappa shape index (κ3) is 6.93. The van der Waals surface area contributed by atoms with Crippen LogP contribution in [0.5, 0.6) is 0 Å². The van der Waals surface area contributed by atoms with Crippen molar-refractivity contribution in [3.8, 4) is 0 Å². The molecule has 10 nitrogen and oxygen atoms in total. The molecule has 0 spiro atoms. The van der Waals surface area contributed by atoms with E-state index in [0.29, 0.717) is 31.5 Å². The molecule has 0 unspecified atom stereocenters. The van der Waals surface area contributed by atoms with E-state index < -0.39 is 41.5 Å². The molecule has 3 amide bonds. The SMILES string of the molecule is CC[C@H](C)[C@@H]1NC(=O)C(C)(C)C=Cc2ccc3ccc(nc3c2)[C@@H](C)OC(=O)[C@@H]2CCCN(N2)C(=O)[C@H](C)NC1=O. The highest BCUT2D eigenvalue weighted by molar-refractivity contribution is 5.94. The summed E-state index contributed by atoms with van der Waals surface area (Å²) in [7, 11) is 0. The molecule has 0 saturated carbocycles. The number of nitrogens with one attached hydrogen (secondary N) is 3. The Morgan fingerprint density at radius 3 is 2.56 bits per heavy atom. The fourth-order valence-corrected chi connectivity index (χ4v) is 4.92. The second kappa shape index (κ2) is 12.4.